The van der Waals surface area contributed by atoms with E-state index in [9.17, 15) is 14.5 Å². The van der Waals surface area contributed by atoms with Crippen molar-refractivity contribution in [3.05, 3.63) is 34.1 Å². The van der Waals surface area contributed by atoms with Crippen LogP contribution in [0.5, 0.6) is 0 Å². The molecule has 1 saturated heterocycles. The molecule has 0 aliphatic carbocycles. The van der Waals surface area contributed by atoms with Gasteiger partial charge in [0.25, 0.3) is 5.69 Å². The van der Waals surface area contributed by atoms with Gasteiger partial charge in [0.15, 0.2) is 0 Å². The van der Waals surface area contributed by atoms with Crippen LogP contribution in [-0.2, 0) is 0 Å². The summed E-state index contributed by atoms with van der Waals surface area (Å²) in [4.78, 5) is 10.2. The van der Waals surface area contributed by atoms with Gasteiger partial charge in [0, 0.05) is 24.2 Å². The molecule has 1 heterocycles. The Kier molecular flexibility index (Phi) is 5.50. The summed E-state index contributed by atoms with van der Waals surface area (Å²) in [6.45, 7) is 3.01. The number of nitro benzene ring substituents is 1. The van der Waals surface area contributed by atoms with Gasteiger partial charge in [0.2, 0.25) is 0 Å². The van der Waals surface area contributed by atoms with Crippen LogP contribution in [0.4, 0.5) is 15.8 Å². The first kappa shape index (κ1) is 15.7. The maximum Gasteiger partial charge on any atom is 0.271 e. The van der Waals surface area contributed by atoms with Crippen molar-refractivity contribution in [2.75, 3.05) is 11.9 Å². The van der Waals surface area contributed by atoms with Gasteiger partial charge in [-0.1, -0.05) is 12.8 Å². The minimum atomic E-state index is -0.512. The molecule has 5 nitrogen and oxygen atoms in total. The lowest BCUT2D eigenvalue weighted by molar-refractivity contribution is -0.384. The zero-order chi connectivity index (χ0) is 15.2. The van der Waals surface area contributed by atoms with Gasteiger partial charge < -0.3 is 10.6 Å². The van der Waals surface area contributed by atoms with Crippen LogP contribution >= 0.6 is 0 Å². The Morgan fingerprint density at radius 1 is 1.48 bits per heavy atom. The predicted octanol–water partition coefficient (Wildman–Crippen LogP) is 3.46. The van der Waals surface area contributed by atoms with Gasteiger partial charge in [-0.2, -0.15) is 0 Å². The first-order valence-corrected chi connectivity index (χ1v) is 7.50. The summed E-state index contributed by atoms with van der Waals surface area (Å²) in [6.07, 6.45) is 5.68. The Balaban J connectivity index is 1.96. The lowest BCUT2D eigenvalue weighted by Gasteiger charge is -2.22. The lowest BCUT2D eigenvalue weighted by Crippen LogP contribution is -2.33. The van der Waals surface area contributed by atoms with Gasteiger partial charge in [-0.3, -0.25) is 10.1 Å². The van der Waals surface area contributed by atoms with Gasteiger partial charge in [0.05, 0.1) is 10.6 Å². The van der Waals surface area contributed by atoms with Gasteiger partial charge in [-0.15, -0.1) is 0 Å². The second-order valence-corrected chi connectivity index (χ2v) is 5.70. The Morgan fingerprint density at radius 3 is 3.05 bits per heavy atom. The average molecular weight is 295 g/mol. The summed E-state index contributed by atoms with van der Waals surface area (Å²) in [5, 5.41) is 17.3. The normalized spacial score (nSPS) is 20.6. The van der Waals surface area contributed by atoms with Gasteiger partial charge in [0.1, 0.15) is 5.82 Å². The van der Waals surface area contributed by atoms with Crippen molar-refractivity contribution in [3.8, 4) is 0 Å². The number of nitrogens with one attached hydrogen (secondary N) is 2. The standard InChI is InChI=1S/C15H22FN3O2/c1-11(9-12-5-3-2-4-8-17-12)18-15-10-13(19(20)21)6-7-14(15)16/h6-7,10-12,17-18H,2-5,8-9H2,1H3. The smallest absolute Gasteiger partial charge is 0.271 e. The number of nitro groups is 1. The highest BCUT2D eigenvalue weighted by atomic mass is 19.1. The van der Waals surface area contributed by atoms with E-state index in [-0.39, 0.29) is 17.4 Å². The Bertz CT molecular complexity index is 488. The van der Waals surface area contributed by atoms with Crippen LogP contribution in [0.1, 0.15) is 39.0 Å². The van der Waals surface area contributed by atoms with E-state index < -0.39 is 10.7 Å². The molecule has 0 spiro atoms. The first-order chi connectivity index (χ1) is 10.1. The zero-order valence-corrected chi connectivity index (χ0v) is 12.3. The summed E-state index contributed by atoms with van der Waals surface area (Å²) < 4.78 is 13.7. The summed E-state index contributed by atoms with van der Waals surface area (Å²) in [6, 6.07) is 4.05. The van der Waals surface area contributed by atoms with Crippen LogP contribution in [0.15, 0.2) is 18.2 Å². The molecular formula is C15H22FN3O2. The topological polar surface area (TPSA) is 67.2 Å². The Labute approximate surface area is 124 Å². The molecule has 2 rings (SSSR count). The van der Waals surface area contributed by atoms with Gasteiger partial charge >= 0.3 is 0 Å². The van der Waals surface area contributed by atoms with Gasteiger partial charge in [-0.25, -0.2) is 4.39 Å². The molecular weight excluding hydrogens is 273 g/mol. The molecule has 2 atom stereocenters. The molecule has 2 unspecified atom stereocenters. The molecule has 1 fully saturated rings. The maximum atomic E-state index is 13.7. The first-order valence-electron chi connectivity index (χ1n) is 7.50. The quantitative estimate of drug-likeness (QED) is 0.645. The van der Waals surface area contributed by atoms with E-state index in [1.54, 1.807) is 0 Å². The van der Waals surface area contributed by atoms with Crippen LogP contribution in [0.2, 0.25) is 0 Å². The van der Waals surface area contributed by atoms with E-state index in [1.165, 1.54) is 31.4 Å². The predicted molar refractivity (Wildman–Crippen MR) is 81.0 cm³/mol. The SMILES string of the molecule is CC(CC1CCCCCN1)Nc1cc([N+](=O)[O-])ccc1F. The van der Waals surface area contributed by atoms with Crippen LogP contribution in [0.25, 0.3) is 0 Å². The molecule has 116 valence electrons. The van der Waals surface area contributed by atoms with Crippen molar-refractivity contribution in [2.45, 2.75) is 51.1 Å². The van der Waals surface area contributed by atoms with Crippen molar-refractivity contribution < 1.29 is 9.31 Å². The number of hydrogen-bond acceptors (Lipinski definition) is 4. The molecule has 0 radical (unpaired) electrons. The van der Waals surface area contributed by atoms with Crippen LogP contribution in [-0.4, -0.2) is 23.6 Å². The van der Waals surface area contributed by atoms with Crippen molar-refractivity contribution in [1.29, 1.82) is 0 Å². The number of benzene rings is 1. The fourth-order valence-corrected chi connectivity index (χ4v) is 2.79. The number of rotatable bonds is 5. The number of non-ortho nitro benzene ring substituents is 1. The molecule has 0 aromatic heterocycles. The summed E-state index contributed by atoms with van der Waals surface area (Å²) in [5.41, 5.74) is 0.101. The number of anilines is 1. The molecule has 1 aromatic carbocycles. The van der Waals surface area contributed by atoms with Crippen molar-refractivity contribution in [2.24, 2.45) is 0 Å². The molecule has 0 saturated carbocycles. The number of nitrogens with zero attached hydrogens (tertiary/aromatic N) is 1. The van der Waals surface area contributed by atoms with Crippen LogP contribution in [0.3, 0.4) is 0 Å². The minimum absolute atomic E-state index is 0.0529. The third-order valence-corrected chi connectivity index (χ3v) is 3.86. The van der Waals surface area contributed by atoms with Crippen molar-refractivity contribution in [3.63, 3.8) is 0 Å². The second kappa shape index (κ2) is 7.36. The minimum Gasteiger partial charge on any atom is -0.380 e. The Morgan fingerprint density at radius 2 is 2.29 bits per heavy atom. The summed E-state index contributed by atoms with van der Waals surface area (Å²) in [7, 11) is 0. The monoisotopic (exact) mass is 295 g/mol. The van der Waals surface area contributed by atoms with E-state index in [4.69, 9.17) is 0 Å². The zero-order valence-electron chi connectivity index (χ0n) is 12.3. The van der Waals surface area contributed by atoms with Crippen molar-refractivity contribution >= 4 is 11.4 Å². The lowest BCUT2D eigenvalue weighted by atomic mass is 10.0. The summed E-state index contributed by atoms with van der Waals surface area (Å²) in [5.74, 6) is -0.457. The molecule has 0 amide bonds. The van der Waals surface area contributed by atoms with E-state index >= 15 is 0 Å². The van der Waals surface area contributed by atoms with E-state index in [1.807, 2.05) is 6.92 Å². The third kappa shape index (κ3) is 4.67. The van der Waals surface area contributed by atoms with E-state index in [2.05, 4.69) is 10.6 Å². The average Bonchev–Trinajstić information content (AvgIpc) is 2.69. The molecule has 1 aliphatic rings. The molecule has 6 heteroatoms. The summed E-state index contributed by atoms with van der Waals surface area (Å²) >= 11 is 0. The highest BCUT2D eigenvalue weighted by Crippen LogP contribution is 2.23. The van der Waals surface area contributed by atoms with E-state index in [0.29, 0.717) is 6.04 Å². The second-order valence-electron chi connectivity index (χ2n) is 5.70. The molecule has 1 aromatic rings. The molecule has 2 N–H and O–H groups in total. The van der Waals surface area contributed by atoms with Crippen LogP contribution in [0, 0.1) is 15.9 Å². The molecule has 21 heavy (non-hydrogen) atoms. The molecule has 0 bridgehead atoms. The number of hydrogen-bond donors (Lipinski definition) is 2. The Hall–Kier alpha value is -1.69. The largest absolute Gasteiger partial charge is 0.380 e. The van der Waals surface area contributed by atoms with E-state index in [0.717, 1.165) is 25.5 Å². The fourth-order valence-electron chi connectivity index (χ4n) is 2.79. The highest BCUT2D eigenvalue weighted by Gasteiger charge is 2.17. The van der Waals surface area contributed by atoms with Crippen LogP contribution < -0.4 is 10.6 Å². The highest BCUT2D eigenvalue weighted by molar-refractivity contribution is 5.52. The fraction of sp³-hybridized carbons (Fsp3) is 0.600. The van der Waals surface area contributed by atoms with Crippen molar-refractivity contribution in [1.82, 2.24) is 5.32 Å². The third-order valence-electron chi connectivity index (χ3n) is 3.86. The maximum absolute atomic E-state index is 13.7. The number of halogens is 1. The van der Waals surface area contributed by atoms with Gasteiger partial charge in [-0.05, 0) is 38.8 Å². The molecule has 1 aliphatic heterocycles.